The van der Waals surface area contributed by atoms with E-state index in [2.05, 4.69) is 10.00 Å². The summed E-state index contributed by atoms with van der Waals surface area (Å²) in [6.45, 7) is 2.81. The van der Waals surface area contributed by atoms with Gasteiger partial charge in [0.2, 0.25) is 5.91 Å². The van der Waals surface area contributed by atoms with Gasteiger partial charge in [-0.2, -0.15) is 5.10 Å². The fraction of sp³-hybridized carbons (Fsp3) is 0.304. The molecule has 3 aromatic rings. The summed E-state index contributed by atoms with van der Waals surface area (Å²) in [5.41, 5.74) is 7.84. The molecule has 3 heterocycles. The van der Waals surface area contributed by atoms with Crippen molar-refractivity contribution in [2.45, 2.75) is 18.9 Å². The molecule has 158 valence electrons. The van der Waals surface area contributed by atoms with Crippen LogP contribution >= 0.6 is 0 Å². The Morgan fingerprint density at radius 2 is 1.68 bits per heavy atom. The molecule has 31 heavy (non-hydrogen) atoms. The molecule has 8 nitrogen and oxygen atoms in total. The Kier molecular flexibility index (Phi) is 4.78. The van der Waals surface area contributed by atoms with Crippen molar-refractivity contribution in [2.75, 3.05) is 26.2 Å². The maximum absolute atomic E-state index is 12.5. The van der Waals surface area contributed by atoms with E-state index in [9.17, 15) is 14.4 Å². The highest BCUT2D eigenvalue weighted by Gasteiger charge is 2.35. The second-order valence-corrected chi connectivity index (χ2v) is 8.11. The van der Waals surface area contributed by atoms with Gasteiger partial charge in [-0.25, -0.2) is 0 Å². The van der Waals surface area contributed by atoms with Gasteiger partial charge in [-0.15, -0.1) is 0 Å². The number of benzene rings is 2. The van der Waals surface area contributed by atoms with E-state index in [0.29, 0.717) is 29.8 Å². The number of primary amides is 1. The average Bonchev–Trinajstić information content (AvgIpc) is 3.32. The van der Waals surface area contributed by atoms with E-state index in [-0.39, 0.29) is 17.9 Å². The number of nitrogens with two attached hydrogens (primary N) is 1. The number of likely N-dealkylation sites (tertiary alicyclic amines) is 1. The molecule has 0 bridgehead atoms. The number of amides is 3. The van der Waals surface area contributed by atoms with Crippen LogP contribution in [0, 0.1) is 0 Å². The lowest BCUT2D eigenvalue weighted by Gasteiger charge is -2.33. The lowest BCUT2D eigenvalue weighted by Crippen LogP contribution is -2.41. The fourth-order valence-electron chi connectivity index (χ4n) is 4.57. The summed E-state index contributed by atoms with van der Waals surface area (Å²) in [4.78, 5) is 40.1. The van der Waals surface area contributed by atoms with Crippen molar-refractivity contribution in [1.82, 2.24) is 19.6 Å². The van der Waals surface area contributed by atoms with Crippen LogP contribution in [0.15, 0.2) is 48.7 Å². The SMILES string of the molecule is NC(=O)c1ccc2c(cnn2C2CCN(CCN3C(=O)c4ccccc4C3=O)CC2)c1. The second kappa shape index (κ2) is 7.63. The van der Waals surface area contributed by atoms with Crippen molar-refractivity contribution >= 4 is 28.6 Å². The van der Waals surface area contributed by atoms with Gasteiger partial charge in [0.25, 0.3) is 11.8 Å². The van der Waals surface area contributed by atoms with Crippen LogP contribution < -0.4 is 5.73 Å². The van der Waals surface area contributed by atoms with Gasteiger partial charge in [0.05, 0.1) is 28.9 Å². The van der Waals surface area contributed by atoms with Crippen molar-refractivity contribution in [2.24, 2.45) is 5.73 Å². The molecule has 0 radical (unpaired) electrons. The first-order valence-electron chi connectivity index (χ1n) is 10.5. The van der Waals surface area contributed by atoms with E-state index in [1.165, 1.54) is 4.90 Å². The Morgan fingerprint density at radius 1 is 1.00 bits per heavy atom. The molecule has 3 amide bonds. The van der Waals surface area contributed by atoms with Crippen LogP contribution in [0.25, 0.3) is 10.9 Å². The summed E-state index contributed by atoms with van der Waals surface area (Å²) in [5, 5.41) is 5.45. The summed E-state index contributed by atoms with van der Waals surface area (Å²) in [6.07, 6.45) is 3.63. The van der Waals surface area contributed by atoms with Crippen molar-refractivity contribution in [3.8, 4) is 0 Å². The number of imide groups is 1. The van der Waals surface area contributed by atoms with Crippen molar-refractivity contribution in [3.63, 3.8) is 0 Å². The van der Waals surface area contributed by atoms with E-state index >= 15 is 0 Å². The molecule has 0 saturated carbocycles. The highest BCUT2D eigenvalue weighted by Crippen LogP contribution is 2.27. The van der Waals surface area contributed by atoms with Crippen molar-refractivity contribution in [3.05, 3.63) is 65.4 Å². The van der Waals surface area contributed by atoms with Gasteiger partial charge in [-0.05, 0) is 43.2 Å². The predicted octanol–water partition coefficient (Wildman–Crippen LogP) is 2.07. The van der Waals surface area contributed by atoms with E-state index in [1.807, 2.05) is 10.7 Å². The first-order valence-corrected chi connectivity index (χ1v) is 10.5. The van der Waals surface area contributed by atoms with Crippen LogP contribution in [0.2, 0.25) is 0 Å². The number of hydrogen-bond donors (Lipinski definition) is 1. The van der Waals surface area contributed by atoms with E-state index in [4.69, 9.17) is 5.73 Å². The maximum atomic E-state index is 12.5. The van der Waals surface area contributed by atoms with Gasteiger partial charge in [-0.1, -0.05) is 12.1 Å². The number of carbonyl (C=O) groups is 3. The number of fused-ring (bicyclic) bond motifs is 2. The van der Waals surface area contributed by atoms with Gasteiger partial charge in [0.1, 0.15) is 0 Å². The third-order valence-electron chi connectivity index (χ3n) is 6.30. The second-order valence-electron chi connectivity index (χ2n) is 8.11. The Balaban J connectivity index is 1.20. The minimum absolute atomic E-state index is 0.200. The van der Waals surface area contributed by atoms with Gasteiger partial charge >= 0.3 is 0 Å². The molecule has 0 atom stereocenters. The predicted molar refractivity (Wildman–Crippen MR) is 115 cm³/mol. The van der Waals surface area contributed by atoms with Crippen LogP contribution in [-0.4, -0.2) is 63.5 Å². The standard InChI is InChI=1S/C23H23N5O3/c24-21(29)15-5-6-20-16(13-15)14-25-28(20)17-7-9-26(10-8-17)11-12-27-22(30)18-3-1-2-4-19(18)23(27)31/h1-6,13-14,17H,7-12H2,(H2,24,29). The molecule has 2 aliphatic rings. The Morgan fingerprint density at radius 3 is 2.32 bits per heavy atom. The summed E-state index contributed by atoms with van der Waals surface area (Å²) in [5.74, 6) is -0.844. The number of carbonyl (C=O) groups excluding carboxylic acids is 3. The summed E-state index contributed by atoms with van der Waals surface area (Å²) in [7, 11) is 0. The number of rotatable bonds is 5. The normalized spacial score (nSPS) is 17.5. The molecular weight excluding hydrogens is 394 g/mol. The third kappa shape index (κ3) is 3.38. The van der Waals surface area contributed by atoms with E-state index < -0.39 is 5.91 Å². The third-order valence-corrected chi connectivity index (χ3v) is 6.30. The minimum Gasteiger partial charge on any atom is -0.366 e. The Hall–Kier alpha value is -3.52. The number of hydrogen-bond acceptors (Lipinski definition) is 5. The lowest BCUT2D eigenvalue weighted by molar-refractivity contribution is 0.0625. The molecule has 0 spiro atoms. The quantitative estimate of drug-likeness (QED) is 0.641. The summed E-state index contributed by atoms with van der Waals surface area (Å²) in [6, 6.07) is 12.7. The largest absolute Gasteiger partial charge is 0.366 e. The van der Waals surface area contributed by atoms with Crippen LogP contribution in [-0.2, 0) is 0 Å². The molecule has 0 aliphatic carbocycles. The van der Waals surface area contributed by atoms with Crippen molar-refractivity contribution < 1.29 is 14.4 Å². The smallest absolute Gasteiger partial charge is 0.261 e. The lowest BCUT2D eigenvalue weighted by atomic mass is 10.0. The molecule has 1 aromatic heterocycles. The summed E-state index contributed by atoms with van der Waals surface area (Å²) < 4.78 is 2.03. The van der Waals surface area contributed by atoms with Crippen LogP contribution in [0.3, 0.4) is 0 Å². The zero-order valence-corrected chi connectivity index (χ0v) is 17.0. The van der Waals surface area contributed by atoms with Gasteiger partial charge in [0, 0.05) is 37.1 Å². The molecule has 0 unspecified atom stereocenters. The average molecular weight is 417 g/mol. The van der Waals surface area contributed by atoms with Crippen LogP contribution in [0.4, 0.5) is 0 Å². The fourth-order valence-corrected chi connectivity index (χ4v) is 4.57. The highest BCUT2D eigenvalue weighted by molar-refractivity contribution is 6.21. The molecule has 2 aromatic carbocycles. The van der Waals surface area contributed by atoms with Gasteiger partial charge < -0.3 is 10.6 Å². The molecule has 8 heteroatoms. The monoisotopic (exact) mass is 417 g/mol. The molecule has 2 N–H and O–H groups in total. The van der Waals surface area contributed by atoms with E-state index in [1.54, 1.807) is 42.6 Å². The zero-order valence-electron chi connectivity index (χ0n) is 17.0. The molecule has 2 aliphatic heterocycles. The van der Waals surface area contributed by atoms with Gasteiger partial charge in [-0.3, -0.25) is 24.0 Å². The maximum Gasteiger partial charge on any atom is 0.261 e. The number of nitrogens with zero attached hydrogens (tertiary/aromatic N) is 4. The van der Waals surface area contributed by atoms with E-state index in [0.717, 1.165) is 36.8 Å². The minimum atomic E-state index is -0.444. The highest BCUT2D eigenvalue weighted by atomic mass is 16.2. The first kappa shape index (κ1) is 19.4. The summed E-state index contributed by atoms with van der Waals surface area (Å²) >= 11 is 0. The topological polar surface area (TPSA) is 102 Å². The van der Waals surface area contributed by atoms with Crippen LogP contribution in [0.5, 0.6) is 0 Å². The zero-order chi connectivity index (χ0) is 21.5. The Bertz CT molecular complexity index is 1160. The molecular formula is C23H23N5O3. The van der Waals surface area contributed by atoms with Crippen LogP contribution in [0.1, 0.15) is 50.0 Å². The molecule has 1 saturated heterocycles. The Labute approximate surface area is 179 Å². The first-order chi connectivity index (χ1) is 15.0. The molecule has 1 fully saturated rings. The van der Waals surface area contributed by atoms with Crippen molar-refractivity contribution in [1.29, 1.82) is 0 Å². The van der Waals surface area contributed by atoms with Gasteiger partial charge in [0.15, 0.2) is 0 Å². The number of piperidine rings is 1. The molecule has 5 rings (SSSR count). The number of aromatic nitrogens is 2.